The van der Waals surface area contributed by atoms with E-state index in [4.69, 9.17) is 0 Å². The molecule has 0 saturated carbocycles. The zero-order valence-corrected chi connectivity index (χ0v) is 33.6. The van der Waals surface area contributed by atoms with Crippen LogP contribution in [0, 0.1) is 13.8 Å². The molecule has 8 aromatic carbocycles. The molecule has 0 atom stereocenters. The van der Waals surface area contributed by atoms with Crippen LogP contribution in [-0.2, 0) is 19.2 Å². The van der Waals surface area contributed by atoms with Gasteiger partial charge in [-0.15, -0.1) is 93.7 Å². The van der Waals surface area contributed by atoms with Crippen LogP contribution in [0.1, 0.15) is 25.0 Å². The molecule has 0 aliphatic heterocycles. The summed E-state index contributed by atoms with van der Waals surface area (Å²) >= 11 is 2.27. The summed E-state index contributed by atoms with van der Waals surface area (Å²) in [6, 6.07) is 52.5. The van der Waals surface area contributed by atoms with E-state index in [2.05, 4.69) is 205 Å². The third kappa shape index (κ3) is 11.0. The number of fused-ring (bicyclic) bond motifs is 4. The molecule has 260 valence electrons. The minimum absolute atomic E-state index is 0.0833. The van der Waals surface area contributed by atoms with Crippen molar-refractivity contribution in [1.29, 1.82) is 0 Å². The van der Waals surface area contributed by atoms with E-state index in [9.17, 15) is 10.2 Å². The van der Waals surface area contributed by atoms with Gasteiger partial charge in [0, 0.05) is 0 Å². The van der Waals surface area contributed by atoms with Gasteiger partial charge in [-0.05, 0) is 32.7 Å². The summed E-state index contributed by atoms with van der Waals surface area (Å²) in [5.41, 5.74) is 7.94. The van der Waals surface area contributed by atoms with E-state index in [1.165, 1.54) is 90.3 Å². The summed E-state index contributed by atoms with van der Waals surface area (Å²) < 4.78 is 0. The van der Waals surface area contributed by atoms with Crippen LogP contribution in [0.25, 0.3) is 65.3 Å². The minimum Gasteiger partial charge on any atom is -0.165 e. The fraction of sp³-hybridized carbons (Fsp3) is 0.125. The molecule has 0 amide bonds. The third-order valence-corrected chi connectivity index (χ3v) is 7.95. The van der Waals surface area contributed by atoms with Crippen molar-refractivity contribution in [3.8, 4) is 22.3 Å². The number of allylic oxidation sites excluding steroid dienone is 2. The summed E-state index contributed by atoms with van der Waals surface area (Å²) in [6.07, 6.45) is 0.120. The molecule has 8 aromatic rings. The first kappa shape index (κ1) is 39.9. The Labute approximate surface area is 321 Å². The molecule has 0 aliphatic carbocycles. The molecule has 0 N–H and O–H groups in total. The molecule has 0 aliphatic rings. The maximum Gasteiger partial charge on any atom is -0.0114 e. The predicted molar refractivity (Wildman–Crippen MR) is 222 cm³/mol. The smallest absolute Gasteiger partial charge is 0.0114 e. The summed E-state index contributed by atoms with van der Waals surface area (Å²) in [5, 5.41) is 29.3. The quantitative estimate of drug-likeness (QED) is 0.101. The molecule has 8 rings (SSSR count). The van der Waals surface area contributed by atoms with Crippen molar-refractivity contribution in [2.75, 3.05) is 0 Å². The molecule has 4 heteroatoms. The normalized spacial score (nSPS) is 10.2. The van der Waals surface area contributed by atoms with Crippen LogP contribution in [0.2, 0.25) is 13.1 Å². The van der Waals surface area contributed by atoms with Gasteiger partial charge >= 0.3 is 38.5 Å². The maximum absolute atomic E-state index is 9.33. The Morgan fingerprint density at radius 1 is 0.500 bits per heavy atom. The molecule has 0 bridgehead atoms. The molecule has 0 saturated heterocycles. The Morgan fingerprint density at radius 3 is 1.12 bits per heavy atom. The van der Waals surface area contributed by atoms with Crippen molar-refractivity contribution >= 4 is 49.3 Å². The first-order valence-corrected chi connectivity index (χ1v) is 22.1. The van der Waals surface area contributed by atoms with Crippen LogP contribution in [0.3, 0.4) is 0 Å². The predicted octanol–water partition coefficient (Wildman–Crippen LogP) is 11.9. The fourth-order valence-electron chi connectivity index (χ4n) is 6.16. The van der Waals surface area contributed by atoms with Gasteiger partial charge in [0.25, 0.3) is 0 Å². The molecule has 0 radical (unpaired) electrons. The molecule has 0 unspecified atom stereocenters. The average Bonchev–Trinajstić information content (AvgIpc) is 3.68. The van der Waals surface area contributed by atoms with Crippen molar-refractivity contribution in [1.82, 2.24) is 0 Å². The SMILES string of the molecule is C=C(C)[O-].C=C(C)[O-].C[Si](C)=[Ti+2].Cc1cc2c(-c3cccc4ccccc34)cccc2[cH-]1.Cc1cc2c(-c3cccc4ccccc34)cccc2[cH-]1. The number of hydrogen-bond acceptors (Lipinski definition) is 2. The first-order chi connectivity index (χ1) is 24.8. The van der Waals surface area contributed by atoms with Crippen LogP contribution in [0.15, 0.2) is 170 Å². The zero-order valence-electron chi connectivity index (χ0n) is 31.1. The second-order valence-corrected chi connectivity index (χ2v) is 19.8. The monoisotopic (exact) mass is 730 g/mol. The number of hydrogen-bond donors (Lipinski definition) is 0. The summed E-state index contributed by atoms with van der Waals surface area (Å²) in [6.45, 7) is 17.7. The van der Waals surface area contributed by atoms with Gasteiger partial charge in [0.15, 0.2) is 0 Å². The number of benzene rings is 6. The topological polar surface area (TPSA) is 46.1 Å². The molecule has 0 fully saturated rings. The average molecular weight is 731 g/mol. The second kappa shape index (κ2) is 19.1. The van der Waals surface area contributed by atoms with Gasteiger partial charge in [-0.3, -0.25) is 0 Å². The zero-order chi connectivity index (χ0) is 37.8. The molecule has 0 heterocycles. The van der Waals surface area contributed by atoms with E-state index in [-0.39, 0.29) is 17.7 Å². The van der Waals surface area contributed by atoms with Crippen LogP contribution in [0.4, 0.5) is 0 Å². The van der Waals surface area contributed by atoms with Crippen LogP contribution >= 0.6 is 0 Å². The van der Waals surface area contributed by atoms with Gasteiger partial charge in [0.05, 0.1) is 0 Å². The standard InChI is InChI=1S/2C20H15.2C3H6O.C2H6Si.Ti/c2*1-14-12-16-8-5-11-19(20(16)13-14)18-10-4-7-15-6-2-3-9-17(15)18;2*1-3(2)4;1-3-2;/h2*2-13H,1H3;2*4H,1H2,2H3;1-2H3;/q2*-1;;;;+2/p-2. The number of aryl methyl sites for hydroxylation is 2. The van der Waals surface area contributed by atoms with Crippen molar-refractivity contribution in [3.05, 3.63) is 181 Å². The van der Waals surface area contributed by atoms with Crippen LogP contribution in [-0.4, -0.2) is 6.19 Å². The van der Waals surface area contributed by atoms with Gasteiger partial charge in [-0.1, -0.05) is 136 Å². The van der Waals surface area contributed by atoms with Gasteiger partial charge in [-0.25, -0.2) is 0 Å². The molecular weight excluding hydrogens is 684 g/mol. The Morgan fingerprint density at radius 2 is 0.769 bits per heavy atom. The van der Waals surface area contributed by atoms with Crippen LogP contribution < -0.4 is 10.2 Å². The Bertz CT molecular complexity index is 2250. The molecule has 0 spiro atoms. The molecule has 52 heavy (non-hydrogen) atoms. The summed E-state index contributed by atoms with van der Waals surface area (Å²) in [5.74, 6) is -0.167. The van der Waals surface area contributed by atoms with E-state index in [1.54, 1.807) is 0 Å². The van der Waals surface area contributed by atoms with Crippen LogP contribution in [0.5, 0.6) is 0 Å². The first-order valence-electron chi connectivity index (χ1n) is 17.3. The van der Waals surface area contributed by atoms with E-state index >= 15 is 0 Å². The Hall–Kier alpha value is -4.93. The largest absolute Gasteiger partial charge is 0.165 e. The van der Waals surface area contributed by atoms with E-state index in [1.807, 2.05) is 0 Å². The van der Waals surface area contributed by atoms with E-state index < -0.39 is 0 Å². The van der Waals surface area contributed by atoms with Gasteiger partial charge in [-0.2, -0.15) is 12.1 Å². The van der Waals surface area contributed by atoms with Crippen molar-refractivity contribution in [3.63, 3.8) is 0 Å². The van der Waals surface area contributed by atoms with Crippen molar-refractivity contribution in [2.45, 2.75) is 40.8 Å². The summed E-state index contributed by atoms with van der Waals surface area (Å²) in [4.78, 5) is 0. The maximum atomic E-state index is 9.33. The minimum atomic E-state index is -0.0833. The van der Waals surface area contributed by atoms with Gasteiger partial charge in [0.1, 0.15) is 0 Å². The molecule has 0 aromatic heterocycles. The van der Waals surface area contributed by atoms with E-state index in [0.717, 1.165) is 0 Å². The Kier molecular flexibility index (Phi) is 14.6. The van der Waals surface area contributed by atoms with Gasteiger partial charge in [0.2, 0.25) is 0 Å². The second-order valence-electron chi connectivity index (χ2n) is 13.1. The van der Waals surface area contributed by atoms with E-state index in [0.29, 0.717) is 0 Å². The fourth-order valence-corrected chi connectivity index (χ4v) is 6.16. The summed E-state index contributed by atoms with van der Waals surface area (Å²) in [7, 11) is 0. The molecule has 2 nitrogen and oxygen atoms in total. The van der Waals surface area contributed by atoms with Crippen molar-refractivity contribution < 1.29 is 29.4 Å². The molecular formula is C48H46O2SiTi-2. The number of rotatable bonds is 2. The Balaban J connectivity index is 0.000000179. The van der Waals surface area contributed by atoms with Crippen molar-refractivity contribution in [2.24, 2.45) is 0 Å². The third-order valence-electron chi connectivity index (χ3n) is 7.95. The van der Waals surface area contributed by atoms with Gasteiger partial charge < -0.3 is 10.2 Å².